The highest BCUT2D eigenvalue weighted by molar-refractivity contribution is 6.39. The van der Waals surface area contributed by atoms with E-state index < -0.39 is 12.1 Å². The first-order valence-corrected chi connectivity index (χ1v) is 17.6. The van der Waals surface area contributed by atoms with E-state index in [9.17, 15) is 22.8 Å². The van der Waals surface area contributed by atoms with Crippen LogP contribution in [0.25, 0.3) is 11.0 Å². The summed E-state index contributed by atoms with van der Waals surface area (Å²) in [4.78, 5) is 38.0. The maximum atomic E-state index is 13.8. The monoisotopic (exact) mass is 727 g/mol. The molecular weight excluding hydrogens is 690 g/mol. The summed E-state index contributed by atoms with van der Waals surface area (Å²) in [5.41, 5.74) is 5.70. The maximum absolute atomic E-state index is 13.8. The number of hydrogen-bond donors (Lipinski definition) is 3. The van der Waals surface area contributed by atoms with Crippen molar-refractivity contribution in [2.24, 2.45) is 24.8 Å². The first kappa shape index (κ1) is 34.4. The second kappa shape index (κ2) is 13.3. The number of imidazole rings is 1. The third kappa shape index (κ3) is 6.84. The van der Waals surface area contributed by atoms with Crippen LogP contribution >= 0.6 is 23.2 Å². The number of aryl methyl sites for hydroxylation is 3. The van der Waals surface area contributed by atoms with Gasteiger partial charge in [0.2, 0.25) is 5.95 Å². The molecule has 2 aromatic carbocycles. The number of aromatic nitrogens is 3. The Morgan fingerprint density at radius 3 is 2.36 bits per heavy atom. The number of benzene rings is 2. The number of anilines is 3. The molecule has 4 aromatic rings. The van der Waals surface area contributed by atoms with E-state index in [1.54, 1.807) is 24.3 Å². The molecule has 50 heavy (non-hydrogen) atoms. The smallest absolute Gasteiger partial charge is 0.370 e. The second-order valence-electron chi connectivity index (χ2n) is 13.9. The number of piperidine rings is 1. The van der Waals surface area contributed by atoms with Crippen LogP contribution in [0.4, 0.5) is 30.5 Å². The minimum Gasteiger partial charge on any atom is -0.370 e. The third-order valence-electron chi connectivity index (χ3n) is 10.5. The maximum Gasteiger partial charge on any atom is 0.391 e. The quantitative estimate of drug-likeness (QED) is 0.171. The van der Waals surface area contributed by atoms with Crippen molar-refractivity contribution in [3.63, 3.8) is 0 Å². The predicted octanol–water partition coefficient (Wildman–Crippen LogP) is 7.87. The number of nitrogens with one attached hydrogen (secondary N) is 3. The number of fused-ring (bicyclic) bond motifs is 2. The first-order chi connectivity index (χ1) is 23.8. The Morgan fingerprint density at radius 1 is 0.960 bits per heavy atom. The average molecular weight is 729 g/mol. The molecule has 2 amide bonds. The molecular formula is C36H38Cl2F3N7O2. The lowest BCUT2D eigenvalue weighted by molar-refractivity contribution is -0.182. The Bertz CT molecular complexity index is 1980. The van der Waals surface area contributed by atoms with Crippen LogP contribution < -0.4 is 20.9 Å². The molecule has 2 unspecified atom stereocenters. The number of halogens is 5. The van der Waals surface area contributed by atoms with E-state index in [-0.39, 0.29) is 50.1 Å². The number of amides is 2. The van der Waals surface area contributed by atoms with Gasteiger partial charge >= 0.3 is 6.18 Å². The summed E-state index contributed by atoms with van der Waals surface area (Å²) in [7, 11) is 1.85. The first-order valence-electron chi connectivity index (χ1n) is 16.9. The Balaban J connectivity index is 1.13. The van der Waals surface area contributed by atoms with Crippen LogP contribution in [0.15, 0.2) is 36.4 Å². The number of alkyl halides is 3. The number of carbonyl (C=O) groups excluding carboxylic acids is 2. The molecule has 0 spiro atoms. The fourth-order valence-corrected chi connectivity index (χ4v) is 7.72. The van der Waals surface area contributed by atoms with Crippen LogP contribution in [0.2, 0.25) is 10.0 Å². The zero-order valence-corrected chi connectivity index (χ0v) is 29.4. The van der Waals surface area contributed by atoms with Gasteiger partial charge in [-0.15, -0.1) is 0 Å². The molecule has 1 aliphatic heterocycles. The lowest BCUT2D eigenvalue weighted by Gasteiger charge is -2.31. The molecule has 7 rings (SSSR count). The molecule has 3 heterocycles. The molecule has 0 radical (unpaired) electrons. The van der Waals surface area contributed by atoms with Gasteiger partial charge in [0, 0.05) is 38.4 Å². The van der Waals surface area contributed by atoms with E-state index >= 15 is 0 Å². The van der Waals surface area contributed by atoms with Crippen LogP contribution in [0.5, 0.6) is 0 Å². The number of hydrogen-bond acceptors (Lipinski definition) is 6. The van der Waals surface area contributed by atoms with Crippen molar-refractivity contribution in [1.82, 2.24) is 25.2 Å². The summed E-state index contributed by atoms with van der Waals surface area (Å²) in [6, 6.07) is 10.4. The van der Waals surface area contributed by atoms with E-state index in [1.165, 1.54) is 6.42 Å². The highest BCUT2D eigenvalue weighted by atomic mass is 35.5. The van der Waals surface area contributed by atoms with Gasteiger partial charge in [-0.25, -0.2) is 9.97 Å². The number of carbonyl (C=O) groups is 2. The third-order valence-corrected chi connectivity index (χ3v) is 11.3. The van der Waals surface area contributed by atoms with Crippen molar-refractivity contribution >= 4 is 63.4 Å². The van der Waals surface area contributed by atoms with Crippen LogP contribution in [0.1, 0.15) is 69.8 Å². The molecule has 14 heteroatoms. The van der Waals surface area contributed by atoms with Crippen LogP contribution in [0.3, 0.4) is 0 Å². The Kier molecular flexibility index (Phi) is 9.13. The normalized spacial score (nSPS) is 21.6. The molecule has 1 saturated heterocycles. The van der Waals surface area contributed by atoms with Gasteiger partial charge in [-0.2, -0.15) is 13.2 Å². The lowest BCUT2D eigenvalue weighted by atomic mass is 9.85. The van der Waals surface area contributed by atoms with E-state index in [0.717, 1.165) is 35.6 Å². The lowest BCUT2D eigenvalue weighted by Crippen LogP contribution is -2.40. The van der Waals surface area contributed by atoms with Gasteiger partial charge in [0.05, 0.1) is 43.9 Å². The summed E-state index contributed by atoms with van der Waals surface area (Å²) in [5.74, 6) is -0.301. The zero-order chi connectivity index (χ0) is 35.5. The Labute approximate surface area is 297 Å². The predicted molar refractivity (Wildman–Crippen MR) is 188 cm³/mol. The number of nitrogens with zero attached hydrogens (tertiary/aromatic N) is 4. The summed E-state index contributed by atoms with van der Waals surface area (Å²) in [6.45, 7) is 5.62. The fraction of sp³-hybridized carbons (Fsp3) is 0.444. The van der Waals surface area contributed by atoms with Gasteiger partial charge in [0.15, 0.2) is 0 Å². The van der Waals surface area contributed by atoms with E-state index in [1.807, 2.05) is 37.6 Å². The standard InChI is InChI=1S/C36H38Cl2F3N7O2/c1-18-4-11-27(43-19(18)2)34(50)42-15-20-5-10-26(37)32(31(20)38)46-35-45-28-13-25(33(49)44-24-8-6-23(7-9-24)36(39,40)41)29(14-30(28)47(35)3)48-16-21-12-22(21)17-48/h4-5,10-11,13-14,21-24H,6-9,12,15-17H2,1-3H3,(H,42,50)(H,44,49)(H,45,46). The topological polar surface area (TPSA) is 104 Å². The molecule has 2 atom stereocenters. The minimum absolute atomic E-state index is 0.00738. The van der Waals surface area contributed by atoms with Crippen molar-refractivity contribution in [3.8, 4) is 0 Å². The van der Waals surface area contributed by atoms with E-state index in [0.29, 0.717) is 55.9 Å². The molecule has 3 fully saturated rings. The molecule has 2 aromatic heterocycles. The van der Waals surface area contributed by atoms with Crippen molar-refractivity contribution in [2.75, 3.05) is 23.3 Å². The molecule has 3 aliphatic rings. The summed E-state index contributed by atoms with van der Waals surface area (Å²) in [5, 5.41) is 9.82. The molecule has 2 aliphatic carbocycles. The van der Waals surface area contributed by atoms with Crippen LogP contribution in [-0.4, -0.2) is 51.7 Å². The Hall–Kier alpha value is -4.03. The van der Waals surface area contributed by atoms with E-state index in [4.69, 9.17) is 28.2 Å². The molecule has 2 saturated carbocycles. The van der Waals surface area contributed by atoms with Gasteiger partial charge in [0.1, 0.15) is 5.69 Å². The summed E-state index contributed by atoms with van der Waals surface area (Å²) < 4.78 is 41.6. The van der Waals surface area contributed by atoms with Crippen molar-refractivity contribution < 1.29 is 22.8 Å². The van der Waals surface area contributed by atoms with Gasteiger partial charge in [-0.05, 0) is 93.2 Å². The summed E-state index contributed by atoms with van der Waals surface area (Å²) >= 11 is 13.5. The number of rotatable bonds is 8. The minimum atomic E-state index is -4.21. The largest absolute Gasteiger partial charge is 0.391 e. The van der Waals surface area contributed by atoms with Gasteiger partial charge in [0.25, 0.3) is 11.8 Å². The SMILES string of the molecule is Cc1ccc(C(=O)NCc2ccc(Cl)c(Nc3nc4cc(C(=O)NC5CCC(C(F)(F)F)CC5)c(N5CC6CC6C5)cc4n3C)c2Cl)nc1C. The highest BCUT2D eigenvalue weighted by Gasteiger charge is 2.46. The van der Waals surface area contributed by atoms with E-state index in [2.05, 4.69) is 25.8 Å². The van der Waals surface area contributed by atoms with Crippen molar-refractivity contribution in [1.29, 1.82) is 0 Å². The highest BCUT2D eigenvalue weighted by Crippen LogP contribution is 2.47. The number of pyridine rings is 1. The molecule has 264 valence electrons. The van der Waals surface area contributed by atoms with Crippen molar-refractivity contribution in [3.05, 3.63) is 74.5 Å². The fourth-order valence-electron chi connectivity index (χ4n) is 7.19. The van der Waals surface area contributed by atoms with Gasteiger partial charge < -0.3 is 25.4 Å². The van der Waals surface area contributed by atoms with Crippen LogP contribution in [-0.2, 0) is 13.6 Å². The second-order valence-corrected chi connectivity index (χ2v) is 14.7. The summed E-state index contributed by atoms with van der Waals surface area (Å²) in [6.07, 6.45) is -2.44. The zero-order valence-electron chi connectivity index (χ0n) is 27.9. The van der Waals surface area contributed by atoms with Gasteiger partial charge in [-0.3, -0.25) is 9.59 Å². The van der Waals surface area contributed by atoms with Gasteiger partial charge in [-0.1, -0.05) is 35.3 Å². The Morgan fingerprint density at radius 2 is 1.68 bits per heavy atom. The average Bonchev–Trinajstić information content (AvgIpc) is 3.56. The molecule has 9 nitrogen and oxygen atoms in total. The molecule has 0 bridgehead atoms. The van der Waals surface area contributed by atoms with Crippen molar-refractivity contribution in [2.45, 2.75) is 64.7 Å². The molecule has 3 N–H and O–H groups in total. The van der Waals surface area contributed by atoms with Crippen LogP contribution in [0, 0.1) is 31.6 Å².